The summed E-state index contributed by atoms with van der Waals surface area (Å²) in [6.07, 6.45) is 4.48. The van der Waals surface area contributed by atoms with Gasteiger partial charge in [-0.15, -0.1) is 0 Å². The number of esters is 1. The molecule has 3 fully saturated rings. The van der Waals surface area contributed by atoms with Gasteiger partial charge in [-0.05, 0) is 25.7 Å². The maximum atomic E-state index is 12.8. The molecule has 1 heterocycles. The lowest BCUT2D eigenvalue weighted by molar-refractivity contribution is -0.145. The zero-order valence-corrected chi connectivity index (χ0v) is 13.3. The summed E-state index contributed by atoms with van der Waals surface area (Å²) in [5.41, 5.74) is 0. The quantitative estimate of drug-likeness (QED) is 0.704. The molecule has 1 saturated heterocycles. The summed E-state index contributed by atoms with van der Waals surface area (Å²) >= 11 is 0. The maximum Gasteiger partial charge on any atom is 0.310 e. The van der Waals surface area contributed by atoms with Crippen molar-refractivity contribution in [2.24, 2.45) is 5.92 Å². The molecule has 21 heavy (non-hydrogen) atoms. The van der Waals surface area contributed by atoms with Crippen LogP contribution in [0.25, 0.3) is 0 Å². The van der Waals surface area contributed by atoms with Crippen LogP contribution in [0, 0.1) is 5.92 Å². The lowest BCUT2D eigenvalue weighted by Crippen LogP contribution is -2.52. The Hall–Kier alpha value is -0.660. The fourth-order valence-corrected chi connectivity index (χ4v) is 5.84. The number of carbonyl (C=O) groups is 1. The van der Waals surface area contributed by atoms with Crippen LogP contribution in [0.4, 0.5) is 0 Å². The number of sulfonamides is 1. The molecule has 0 bridgehead atoms. The van der Waals surface area contributed by atoms with E-state index in [-0.39, 0.29) is 5.97 Å². The molecule has 2 atom stereocenters. The lowest BCUT2D eigenvalue weighted by Gasteiger charge is -2.36. The van der Waals surface area contributed by atoms with Gasteiger partial charge in [-0.2, -0.15) is 4.31 Å². The van der Waals surface area contributed by atoms with Gasteiger partial charge in [0.25, 0.3) is 0 Å². The van der Waals surface area contributed by atoms with Crippen LogP contribution < -0.4 is 0 Å². The van der Waals surface area contributed by atoms with Gasteiger partial charge in [-0.3, -0.25) is 9.69 Å². The second-order valence-electron chi connectivity index (χ2n) is 6.31. The highest BCUT2D eigenvalue weighted by atomic mass is 32.2. The van der Waals surface area contributed by atoms with Crippen LogP contribution in [0.3, 0.4) is 0 Å². The monoisotopic (exact) mass is 316 g/mol. The summed E-state index contributed by atoms with van der Waals surface area (Å²) in [4.78, 5) is 14.2. The van der Waals surface area contributed by atoms with Crippen molar-refractivity contribution in [3.8, 4) is 0 Å². The Morgan fingerprint density at radius 3 is 2.29 bits per heavy atom. The zero-order chi connectivity index (χ0) is 15.0. The van der Waals surface area contributed by atoms with Crippen LogP contribution in [0.15, 0.2) is 0 Å². The van der Waals surface area contributed by atoms with E-state index in [9.17, 15) is 13.2 Å². The van der Waals surface area contributed by atoms with E-state index in [1.54, 1.807) is 4.31 Å². The van der Waals surface area contributed by atoms with E-state index < -0.39 is 21.2 Å². The van der Waals surface area contributed by atoms with Gasteiger partial charge in [0.15, 0.2) is 0 Å². The van der Waals surface area contributed by atoms with Crippen LogP contribution >= 0.6 is 0 Å². The fraction of sp³-hybridized carbons (Fsp3) is 0.929. The number of methoxy groups -OCH3 is 1. The van der Waals surface area contributed by atoms with Crippen molar-refractivity contribution in [1.82, 2.24) is 9.21 Å². The number of rotatable bonds is 4. The van der Waals surface area contributed by atoms with E-state index in [4.69, 9.17) is 4.74 Å². The molecule has 0 aromatic rings. The van der Waals surface area contributed by atoms with Gasteiger partial charge in [-0.25, -0.2) is 8.42 Å². The van der Waals surface area contributed by atoms with Crippen molar-refractivity contribution in [2.75, 3.05) is 33.3 Å². The summed E-state index contributed by atoms with van der Waals surface area (Å²) in [5, 5.41) is -0.586. The average Bonchev–Trinajstić information content (AvgIpc) is 3.22. The molecule has 0 amide bonds. The first-order chi connectivity index (χ1) is 10.0. The third-order valence-corrected chi connectivity index (χ3v) is 7.45. The number of hydrogen-bond donors (Lipinski definition) is 0. The Labute approximate surface area is 126 Å². The predicted octanol–water partition coefficient (Wildman–Crippen LogP) is 0.438. The Morgan fingerprint density at radius 2 is 1.71 bits per heavy atom. The van der Waals surface area contributed by atoms with Gasteiger partial charge < -0.3 is 4.74 Å². The van der Waals surface area contributed by atoms with Gasteiger partial charge in [0.1, 0.15) is 0 Å². The van der Waals surface area contributed by atoms with Gasteiger partial charge in [0, 0.05) is 32.2 Å². The minimum atomic E-state index is -3.39. The Bertz CT molecular complexity index is 495. The van der Waals surface area contributed by atoms with Crippen molar-refractivity contribution in [1.29, 1.82) is 0 Å². The van der Waals surface area contributed by atoms with Gasteiger partial charge in [0.2, 0.25) is 10.0 Å². The SMILES string of the molecule is COC(=O)C1CCCC1S(=O)(=O)N1CCN(C2CC2)CC1. The molecular formula is C14H24N2O4S. The molecule has 2 saturated carbocycles. The van der Waals surface area contributed by atoms with Gasteiger partial charge in [0.05, 0.1) is 18.3 Å². The third kappa shape index (κ3) is 2.96. The Balaban J connectivity index is 1.67. The molecule has 2 aliphatic carbocycles. The Kier molecular flexibility index (Phi) is 4.25. The van der Waals surface area contributed by atoms with Crippen LogP contribution in [0.2, 0.25) is 0 Å². The molecule has 0 N–H and O–H groups in total. The second-order valence-corrected chi connectivity index (χ2v) is 8.46. The predicted molar refractivity (Wildman–Crippen MR) is 78.2 cm³/mol. The van der Waals surface area contributed by atoms with Crippen LogP contribution in [-0.2, 0) is 19.6 Å². The molecular weight excluding hydrogens is 292 g/mol. The number of hydrogen-bond acceptors (Lipinski definition) is 5. The molecule has 1 aliphatic heterocycles. The molecule has 0 aromatic heterocycles. The first-order valence-corrected chi connectivity index (χ1v) is 9.35. The first kappa shape index (κ1) is 15.2. The van der Waals surface area contributed by atoms with E-state index in [2.05, 4.69) is 4.90 Å². The normalized spacial score (nSPS) is 32.2. The maximum absolute atomic E-state index is 12.8. The summed E-state index contributed by atoms with van der Waals surface area (Å²) in [5.74, 6) is -0.862. The van der Waals surface area contributed by atoms with Crippen molar-refractivity contribution in [2.45, 2.75) is 43.4 Å². The van der Waals surface area contributed by atoms with Crippen molar-refractivity contribution < 1.29 is 17.9 Å². The standard InChI is InChI=1S/C14H24N2O4S/c1-20-14(17)12-3-2-4-13(12)21(18,19)16-9-7-15(8-10-16)11-5-6-11/h11-13H,2-10H2,1H3. The molecule has 0 aromatic carbocycles. The topological polar surface area (TPSA) is 66.9 Å². The van der Waals surface area contributed by atoms with Gasteiger partial charge >= 0.3 is 5.97 Å². The van der Waals surface area contributed by atoms with E-state index in [0.29, 0.717) is 32.0 Å². The first-order valence-electron chi connectivity index (χ1n) is 7.85. The second kappa shape index (κ2) is 5.85. The minimum Gasteiger partial charge on any atom is -0.469 e. The van der Waals surface area contributed by atoms with Gasteiger partial charge in [-0.1, -0.05) is 6.42 Å². The number of piperazine rings is 1. The summed E-state index contributed by atoms with van der Waals surface area (Å²) in [6, 6.07) is 0.684. The fourth-order valence-electron chi connectivity index (χ4n) is 3.66. The zero-order valence-electron chi connectivity index (χ0n) is 12.5. The number of nitrogens with zero attached hydrogens (tertiary/aromatic N) is 2. The van der Waals surface area contributed by atoms with Crippen molar-refractivity contribution in [3.63, 3.8) is 0 Å². The van der Waals surface area contributed by atoms with Crippen LogP contribution in [0.1, 0.15) is 32.1 Å². The molecule has 3 aliphatic rings. The summed E-state index contributed by atoms with van der Waals surface area (Å²) < 4.78 is 32.0. The minimum absolute atomic E-state index is 0.377. The number of ether oxygens (including phenoxy) is 1. The highest BCUT2D eigenvalue weighted by molar-refractivity contribution is 7.89. The third-order valence-electron chi connectivity index (χ3n) is 5.04. The van der Waals surface area contributed by atoms with Crippen molar-refractivity contribution in [3.05, 3.63) is 0 Å². The highest BCUT2D eigenvalue weighted by Crippen LogP contribution is 2.35. The molecule has 3 rings (SSSR count). The molecule has 6 nitrogen and oxygen atoms in total. The molecule has 7 heteroatoms. The molecule has 2 unspecified atom stereocenters. The van der Waals surface area contributed by atoms with Crippen molar-refractivity contribution >= 4 is 16.0 Å². The van der Waals surface area contributed by atoms with E-state index in [0.717, 1.165) is 19.5 Å². The highest BCUT2D eigenvalue weighted by Gasteiger charge is 2.45. The van der Waals surface area contributed by atoms with E-state index in [1.165, 1.54) is 20.0 Å². The summed E-state index contributed by atoms with van der Waals surface area (Å²) in [7, 11) is -2.06. The van der Waals surface area contributed by atoms with E-state index >= 15 is 0 Å². The molecule has 120 valence electrons. The summed E-state index contributed by atoms with van der Waals surface area (Å²) in [6.45, 7) is 2.76. The number of carbonyl (C=O) groups excluding carboxylic acids is 1. The average molecular weight is 316 g/mol. The largest absolute Gasteiger partial charge is 0.469 e. The molecule has 0 spiro atoms. The van der Waals surface area contributed by atoms with Crippen LogP contribution in [-0.4, -0.2) is 68.2 Å². The molecule has 0 radical (unpaired) electrons. The Morgan fingerprint density at radius 1 is 1.05 bits per heavy atom. The van der Waals surface area contributed by atoms with E-state index in [1.807, 2.05) is 0 Å². The smallest absolute Gasteiger partial charge is 0.310 e. The van der Waals surface area contributed by atoms with Crippen LogP contribution in [0.5, 0.6) is 0 Å². The lowest BCUT2D eigenvalue weighted by atomic mass is 10.1.